The van der Waals surface area contributed by atoms with Gasteiger partial charge >= 0.3 is 0 Å². The zero-order valence-electron chi connectivity index (χ0n) is 10.6. The molecule has 0 radical (unpaired) electrons. The Morgan fingerprint density at radius 1 is 1.58 bits per heavy atom. The molecule has 0 aliphatic carbocycles. The van der Waals surface area contributed by atoms with Crippen LogP contribution in [-0.2, 0) is 4.79 Å². The maximum atomic E-state index is 11.7. The van der Waals surface area contributed by atoms with E-state index in [4.69, 9.17) is 12.2 Å². The fourth-order valence-electron chi connectivity index (χ4n) is 1.91. The van der Waals surface area contributed by atoms with E-state index in [9.17, 15) is 9.59 Å². The number of amides is 2. The molecule has 19 heavy (non-hydrogen) atoms. The lowest BCUT2D eigenvalue weighted by Crippen LogP contribution is -2.31. The van der Waals surface area contributed by atoms with Crippen molar-refractivity contribution < 1.29 is 9.59 Å². The molecule has 0 aromatic carbocycles. The standard InChI is InChI=1S/C12H16N4O2S/c1-16-11(18)9(15-12(16)19)5-3-7-14-10(17)8-4-2-6-13-8/h2,4,6,9,13H,3,5,7H2,1H3,(H,14,17)(H,15,19). The lowest BCUT2D eigenvalue weighted by atomic mass is 10.1. The van der Waals surface area contributed by atoms with E-state index in [0.717, 1.165) is 0 Å². The number of likely N-dealkylation sites (N-methyl/N-ethyl adjacent to an activating group) is 1. The Bertz CT molecular complexity index is 486. The summed E-state index contributed by atoms with van der Waals surface area (Å²) >= 11 is 4.99. The highest BCUT2D eigenvalue weighted by atomic mass is 32.1. The fourth-order valence-corrected chi connectivity index (χ4v) is 2.14. The van der Waals surface area contributed by atoms with E-state index in [1.54, 1.807) is 25.4 Å². The van der Waals surface area contributed by atoms with Crippen LogP contribution in [0.2, 0.25) is 0 Å². The summed E-state index contributed by atoms with van der Waals surface area (Å²) in [7, 11) is 1.66. The van der Waals surface area contributed by atoms with E-state index >= 15 is 0 Å². The monoisotopic (exact) mass is 280 g/mol. The van der Waals surface area contributed by atoms with Crippen molar-refractivity contribution in [1.82, 2.24) is 20.5 Å². The first-order chi connectivity index (χ1) is 9.09. The maximum Gasteiger partial charge on any atom is 0.267 e. The van der Waals surface area contributed by atoms with Gasteiger partial charge in [-0.2, -0.15) is 0 Å². The first kappa shape index (κ1) is 13.5. The molecule has 3 N–H and O–H groups in total. The minimum absolute atomic E-state index is 0.0132. The van der Waals surface area contributed by atoms with Gasteiger partial charge in [-0.05, 0) is 37.2 Å². The molecule has 6 nitrogen and oxygen atoms in total. The van der Waals surface area contributed by atoms with Crippen LogP contribution in [0.25, 0.3) is 0 Å². The third kappa shape index (κ3) is 3.11. The molecule has 7 heteroatoms. The number of aromatic amines is 1. The van der Waals surface area contributed by atoms with Crippen molar-refractivity contribution in [3.05, 3.63) is 24.0 Å². The maximum absolute atomic E-state index is 11.7. The van der Waals surface area contributed by atoms with Gasteiger partial charge in [0.2, 0.25) is 0 Å². The van der Waals surface area contributed by atoms with Gasteiger partial charge in [0, 0.05) is 19.8 Å². The second kappa shape index (κ2) is 5.83. The summed E-state index contributed by atoms with van der Waals surface area (Å²) < 4.78 is 0. The molecule has 0 spiro atoms. The van der Waals surface area contributed by atoms with Gasteiger partial charge in [-0.25, -0.2) is 0 Å². The van der Waals surface area contributed by atoms with Crippen molar-refractivity contribution in [1.29, 1.82) is 0 Å². The quantitative estimate of drug-likeness (QED) is 0.533. The van der Waals surface area contributed by atoms with Crippen LogP contribution in [0.3, 0.4) is 0 Å². The van der Waals surface area contributed by atoms with Gasteiger partial charge in [0.05, 0.1) is 0 Å². The van der Waals surface area contributed by atoms with Crippen molar-refractivity contribution >= 4 is 29.1 Å². The summed E-state index contributed by atoms with van der Waals surface area (Å²) in [6, 6.07) is 3.22. The Hall–Kier alpha value is -1.89. The fraction of sp³-hybridized carbons (Fsp3) is 0.417. The minimum Gasteiger partial charge on any atom is -0.357 e. The summed E-state index contributed by atoms with van der Waals surface area (Å²) in [5.74, 6) is -0.149. The molecule has 0 bridgehead atoms. The molecule has 1 saturated heterocycles. The van der Waals surface area contributed by atoms with Crippen molar-refractivity contribution in [3.8, 4) is 0 Å². The van der Waals surface area contributed by atoms with Crippen LogP contribution < -0.4 is 10.6 Å². The van der Waals surface area contributed by atoms with E-state index in [1.807, 2.05) is 0 Å². The van der Waals surface area contributed by atoms with Crippen LogP contribution >= 0.6 is 12.2 Å². The summed E-state index contributed by atoms with van der Waals surface area (Å²) in [5, 5.41) is 6.21. The van der Waals surface area contributed by atoms with Crippen LogP contribution in [0, 0.1) is 0 Å². The minimum atomic E-state index is -0.264. The second-order valence-electron chi connectivity index (χ2n) is 4.38. The van der Waals surface area contributed by atoms with Gasteiger partial charge in [0.15, 0.2) is 5.11 Å². The van der Waals surface area contributed by atoms with Gasteiger partial charge in [-0.3, -0.25) is 14.5 Å². The highest BCUT2D eigenvalue weighted by Gasteiger charge is 2.31. The van der Waals surface area contributed by atoms with Gasteiger partial charge in [-0.15, -0.1) is 0 Å². The molecule has 2 heterocycles. The summed E-state index contributed by atoms with van der Waals surface area (Å²) in [5.41, 5.74) is 0.538. The second-order valence-corrected chi connectivity index (χ2v) is 4.77. The van der Waals surface area contributed by atoms with Gasteiger partial charge in [0.25, 0.3) is 11.8 Å². The normalized spacial score (nSPS) is 18.6. The van der Waals surface area contributed by atoms with E-state index in [-0.39, 0.29) is 17.9 Å². The Morgan fingerprint density at radius 3 is 2.95 bits per heavy atom. The number of aromatic nitrogens is 1. The van der Waals surface area contributed by atoms with Gasteiger partial charge in [-0.1, -0.05) is 0 Å². The number of thiocarbonyl (C=S) groups is 1. The number of nitrogens with one attached hydrogen (secondary N) is 3. The first-order valence-corrected chi connectivity index (χ1v) is 6.50. The number of nitrogens with zero attached hydrogens (tertiary/aromatic N) is 1. The Morgan fingerprint density at radius 2 is 2.37 bits per heavy atom. The molecular weight excluding hydrogens is 264 g/mol. The molecule has 1 atom stereocenters. The summed E-state index contributed by atoms with van der Waals surface area (Å²) in [4.78, 5) is 27.6. The molecular formula is C12H16N4O2S. The number of hydrogen-bond acceptors (Lipinski definition) is 3. The average Bonchev–Trinajstić information content (AvgIpc) is 3.00. The lowest BCUT2D eigenvalue weighted by Gasteiger charge is -2.08. The van der Waals surface area contributed by atoms with E-state index < -0.39 is 0 Å². The average molecular weight is 280 g/mol. The third-order valence-electron chi connectivity index (χ3n) is 3.03. The Kier molecular flexibility index (Phi) is 4.16. The Labute approximate surface area is 116 Å². The number of rotatable bonds is 5. The van der Waals surface area contributed by atoms with Crippen LogP contribution in [-0.4, -0.2) is 46.4 Å². The molecule has 1 aliphatic heterocycles. The highest BCUT2D eigenvalue weighted by Crippen LogP contribution is 2.08. The van der Waals surface area contributed by atoms with Crippen molar-refractivity contribution in [3.63, 3.8) is 0 Å². The van der Waals surface area contributed by atoms with Gasteiger partial charge < -0.3 is 15.6 Å². The largest absolute Gasteiger partial charge is 0.357 e. The summed E-state index contributed by atoms with van der Waals surface area (Å²) in [6.45, 7) is 0.528. The third-order valence-corrected chi connectivity index (χ3v) is 3.42. The van der Waals surface area contributed by atoms with E-state index in [1.165, 1.54) is 4.90 Å². The predicted molar refractivity (Wildman–Crippen MR) is 74.7 cm³/mol. The number of hydrogen-bond donors (Lipinski definition) is 3. The molecule has 2 amide bonds. The highest BCUT2D eigenvalue weighted by molar-refractivity contribution is 7.80. The molecule has 0 saturated carbocycles. The Balaban J connectivity index is 1.69. The number of carbonyl (C=O) groups excluding carboxylic acids is 2. The van der Waals surface area contributed by atoms with Crippen LogP contribution in [0.5, 0.6) is 0 Å². The molecule has 102 valence electrons. The van der Waals surface area contributed by atoms with Crippen LogP contribution in [0.15, 0.2) is 18.3 Å². The molecule has 1 aliphatic rings. The zero-order chi connectivity index (χ0) is 13.8. The molecule has 1 aromatic heterocycles. The predicted octanol–water partition coefficient (Wildman–Crippen LogP) is 0.240. The molecule has 1 fully saturated rings. The molecule has 2 rings (SSSR count). The zero-order valence-corrected chi connectivity index (χ0v) is 11.4. The molecule has 1 aromatic rings. The number of carbonyl (C=O) groups is 2. The topological polar surface area (TPSA) is 77.2 Å². The first-order valence-electron chi connectivity index (χ1n) is 6.09. The van der Waals surface area contributed by atoms with E-state index in [0.29, 0.717) is 30.2 Å². The lowest BCUT2D eigenvalue weighted by molar-refractivity contribution is -0.126. The van der Waals surface area contributed by atoms with Crippen molar-refractivity contribution in [2.45, 2.75) is 18.9 Å². The molecule has 1 unspecified atom stereocenters. The van der Waals surface area contributed by atoms with E-state index in [2.05, 4.69) is 15.6 Å². The van der Waals surface area contributed by atoms with Gasteiger partial charge in [0.1, 0.15) is 11.7 Å². The van der Waals surface area contributed by atoms with Crippen LogP contribution in [0.1, 0.15) is 23.3 Å². The number of H-pyrrole nitrogens is 1. The SMILES string of the molecule is CN1C(=O)C(CCCNC(=O)c2ccc[nH]2)NC1=S. The summed E-state index contributed by atoms with van der Waals surface area (Å²) in [6.07, 6.45) is 3.06. The smallest absolute Gasteiger partial charge is 0.267 e. The van der Waals surface area contributed by atoms with Crippen molar-refractivity contribution in [2.75, 3.05) is 13.6 Å². The van der Waals surface area contributed by atoms with Crippen molar-refractivity contribution in [2.24, 2.45) is 0 Å². The van der Waals surface area contributed by atoms with Crippen LogP contribution in [0.4, 0.5) is 0 Å².